The lowest BCUT2D eigenvalue weighted by atomic mass is 9.85. The molecular weight excluding hydrogens is 960 g/mol. The van der Waals surface area contributed by atoms with Crippen LogP contribution in [0.2, 0.25) is 0 Å². The molecule has 0 spiro atoms. The van der Waals surface area contributed by atoms with Gasteiger partial charge in [-0.25, -0.2) is 9.37 Å². The van der Waals surface area contributed by atoms with Gasteiger partial charge in [0.25, 0.3) is 11.5 Å². The van der Waals surface area contributed by atoms with Gasteiger partial charge in [-0.15, -0.1) is 11.3 Å². The first-order valence-corrected chi connectivity index (χ1v) is 26.4. The molecule has 3 aromatic heterocycles. The molecule has 69 heavy (non-hydrogen) atoms. The lowest BCUT2D eigenvalue weighted by Crippen LogP contribution is -2.59. The fourth-order valence-corrected chi connectivity index (χ4v) is 12.5. The summed E-state index contributed by atoms with van der Waals surface area (Å²) in [7, 11) is 0. The highest BCUT2D eigenvalue weighted by Crippen LogP contribution is 2.41. The number of imidazole rings is 1. The molecule has 10 rings (SSSR count). The second-order valence-electron chi connectivity index (χ2n) is 21.1. The molecule has 2 saturated heterocycles. The quantitative estimate of drug-likeness (QED) is 0.104. The molecule has 3 amide bonds. The topological polar surface area (TPSA) is 154 Å². The first-order valence-electron chi connectivity index (χ1n) is 24.7. The minimum absolute atomic E-state index is 0.0577. The molecule has 6 aromatic rings. The van der Waals surface area contributed by atoms with Crippen LogP contribution in [-0.2, 0) is 14.4 Å². The second kappa shape index (κ2) is 18.9. The van der Waals surface area contributed by atoms with Crippen LogP contribution in [-0.4, -0.2) is 102 Å². The maximum absolute atomic E-state index is 14.8. The summed E-state index contributed by atoms with van der Waals surface area (Å²) in [6, 6.07) is 18.8. The van der Waals surface area contributed by atoms with E-state index in [4.69, 9.17) is 4.98 Å². The number of aliphatic hydroxyl groups is 1. The van der Waals surface area contributed by atoms with E-state index in [0.717, 1.165) is 94.5 Å². The highest BCUT2D eigenvalue weighted by molar-refractivity contribution is 9.10. The van der Waals surface area contributed by atoms with Crippen molar-refractivity contribution in [2.45, 2.75) is 140 Å². The molecule has 2 aliphatic carbocycles. The third-order valence-electron chi connectivity index (χ3n) is 15.3. The Bertz CT molecular complexity index is 2980. The standard InChI is InChI=1S/C53H62BrFN8O5S/c1-31-45(69-30-56-31)34-16-14-33(15-17-34)39(57-47(65)43-28-37(64)29-61(43)49(67)46(52(2,3)4)58-50(68)53(55)22-23-53)12-8-24-60-25-20-32(21-26-60)35-18-19-40-42(27-35)62(36-9-5-6-10-36)51-59-48(66)44-38(54)11-7-13-41(44)63(40)51/h7,11,13-19,27,30,32,36-37,39,43,46,64H,5-6,8-10,12,20-26,28-29H2,1-4H3,(H,57,65)(H,58,68). The number of likely N-dealkylation sites (tertiary alicyclic amines) is 2. The summed E-state index contributed by atoms with van der Waals surface area (Å²) in [4.78, 5) is 69.1. The Hall–Kier alpha value is -5.03. The third kappa shape index (κ3) is 9.38. The van der Waals surface area contributed by atoms with E-state index in [-0.39, 0.29) is 43.3 Å². The lowest BCUT2D eigenvalue weighted by Gasteiger charge is -2.36. The Labute approximate surface area is 414 Å². The number of aromatic nitrogens is 4. The summed E-state index contributed by atoms with van der Waals surface area (Å²) in [5, 5.41) is 17.4. The SMILES string of the molecule is Cc1ncsc1-c1ccc(C(CCCN2CCC(c3ccc4c(c3)n(C3CCCC3)c3nc(=O)c5c(Br)cccc5n43)CC2)NC(=O)C2CC(O)CN2C(=O)C(NC(=O)C2(F)CC2)C(C)(C)C)cc1. The summed E-state index contributed by atoms with van der Waals surface area (Å²) < 4.78 is 20.1. The van der Waals surface area contributed by atoms with Gasteiger partial charge >= 0.3 is 0 Å². The summed E-state index contributed by atoms with van der Waals surface area (Å²) >= 11 is 5.20. The van der Waals surface area contributed by atoms with Gasteiger partial charge in [0.05, 0.1) is 50.2 Å². The van der Waals surface area contributed by atoms with Crippen LogP contribution in [0.3, 0.4) is 0 Å². The van der Waals surface area contributed by atoms with E-state index < -0.39 is 41.1 Å². The van der Waals surface area contributed by atoms with Crippen molar-refractivity contribution in [1.82, 2.24) is 39.4 Å². The minimum Gasteiger partial charge on any atom is -0.391 e. The Balaban J connectivity index is 0.839. The number of aliphatic hydroxyl groups excluding tert-OH is 1. The molecule has 2 saturated carbocycles. The van der Waals surface area contributed by atoms with Crippen LogP contribution in [0.4, 0.5) is 4.39 Å². The van der Waals surface area contributed by atoms with Crippen molar-refractivity contribution in [3.05, 3.63) is 97.8 Å². The van der Waals surface area contributed by atoms with E-state index >= 15 is 0 Å². The Kier molecular flexibility index (Phi) is 13.1. The number of carbonyl (C=O) groups is 3. The van der Waals surface area contributed by atoms with E-state index in [2.05, 4.69) is 75.7 Å². The van der Waals surface area contributed by atoms with Crippen LogP contribution in [0.25, 0.3) is 38.2 Å². The van der Waals surface area contributed by atoms with Gasteiger partial charge in [-0.3, -0.25) is 23.6 Å². The van der Waals surface area contributed by atoms with Gasteiger partial charge in [-0.2, -0.15) is 4.98 Å². The average Bonchev–Trinajstić information content (AvgIpc) is 3.78. The zero-order valence-corrected chi connectivity index (χ0v) is 42.3. The molecule has 0 radical (unpaired) electrons. The van der Waals surface area contributed by atoms with Crippen LogP contribution in [0, 0.1) is 12.3 Å². The van der Waals surface area contributed by atoms with Gasteiger partial charge in [-0.1, -0.05) is 70.0 Å². The maximum atomic E-state index is 14.8. The van der Waals surface area contributed by atoms with Crippen molar-refractivity contribution in [2.75, 3.05) is 26.2 Å². The number of hydrogen-bond acceptors (Lipinski definition) is 9. The minimum atomic E-state index is -1.97. The molecule has 3 aromatic carbocycles. The summed E-state index contributed by atoms with van der Waals surface area (Å²) in [6.07, 6.45) is 7.32. The molecule has 2 aliphatic heterocycles. The third-order valence-corrected chi connectivity index (χ3v) is 16.9. The first kappa shape index (κ1) is 47.6. The van der Waals surface area contributed by atoms with Crippen LogP contribution in [0.1, 0.15) is 126 Å². The highest BCUT2D eigenvalue weighted by atomic mass is 79.9. The molecule has 13 nitrogen and oxygen atoms in total. The van der Waals surface area contributed by atoms with Crippen LogP contribution >= 0.6 is 27.3 Å². The number of aryl methyl sites for hydroxylation is 1. The first-order chi connectivity index (χ1) is 33.1. The number of β-amino-alcohol motifs (C(OH)–C–C–N with tert-alkyl or cyclic N) is 1. The number of piperidine rings is 1. The highest BCUT2D eigenvalue weighted by Gasteiger charge is 2.53. The largest absolute Gasteiger partial charge is 0.391 e. The fourth-order valence-electron chi connectivity index (χ4n) is 11.2. The van der Waals surface area contributed by atoms with Gasteiger partial charge in [0.2, 0.25) is 17.6 Å². The van der Waals surface area contributed by atoms with Crippen LogP contribution in [0.15, 0.2) is 75.4 Å². The predicted molar refractivity (Wildman–Crippen MR) is 271 cm³/mol. The van der Waals surface area contributed by atoms with Crippen molar-refractivity contribution in [3.8, 4) is 10.4 Å². The van der Waals surface area contributed by atoms with Gasteiger partial charge in [0, 0.05) is 23.5 Å². The summed E-state index contributed by atoms with van der Waals surface area (Å²) in [6.45, 7) is 10.1. The molecule has 364 valence electrons. The van der Waals surface area contributed by atoms with Gasteiger partial charge in [0.1, 0.15) is 12.1 Å². The average molecular weight is 1020 g/mol. The smallest absolute Gasteiger partial charge is 0.283 e. The molecule has 4 fully saturated rings. The van der Waals surface area contributed by atoms with Gasteiger partial charge in [0.15, 0.2) is 5.67 Å². The molecule has 4 aliphatic rings. The summed E-state index contributed by atoms with van der Waals surface area (Å²) in [5.41, 5.74) is 6.19. The number of benzene rings is 3. The van der Waals surface area contributed by atoms with Gasteiger partial charge < -0.3 is 30.1 Å². The second-order valence-corrected chi connectivity index (χ2v) is 22.8. The van der Waals surface area contributed by atoms with E-state index in [9.17, 15) is 28.7 Å². The summed E-state index contributed by atoms with van der Waals surface area (Å²) in [5.74, 6) is -0.583. The Morgan fingerprint density at radius 2 is 1.71 bits per heavy atom. The molecule has 5 heterocycles. The molecule has 4 atom stereocenters. The Morgan fingerprint density at radius 3 is 2.39 bits per heavy atom. The molecule has 4 unspecified atom stereocenters. The zero-order chi connectivity index (χ0) is 48.4. The number of alkyl halides is 1. The van der Waals surface area contributed by atoms with Crippen molar-refractivity contribution >= 4 is 72.7 Å². The van der Waals surface area contributed by atoms with Crippen LogP contribution in [0.5, 0.6) is 0 Å². The lowest BCUT2D eigenvalue weighted by molar-refractivity contribution is -0.145. The normalized spacial score (nSPS) is 21.1. The number of nitrogens with one attached hydrogen (secondary N) is 2. The molecule has 3 N–H and O–H groups in total. The maximum Gasteiger partial charge on any atom is 0.283 e. The Morgan fingerprint density at radius 1 is 0.971 bits per heavy atom. The molecular formula is C53H62BrFN8O5S. The fraction of sp³-hybridized carbons (Fsp3) is 0.509. The number of hydrogen-bond donors (Lipinski definition) is 3. The van der Waals surface area contributed by atoms with Crippen molar-refractivity contribution in [3.63, 3.8) is 0 Å². The number of amides is 3. The van der Waals surface area contributed by atoms with E-state index in [1.165, 1.54) is 23.3 Å². The van der Waals surface area contributed by atoms with E-state index in [0.29, 0.717) is 29.5 Å². The number of rotatable bonds is 13. The van der Waals surface area contributed by atoms with E-state index in [1.54, 1.807) is 32.1 Å². The van der Waals surface area contributed by atoms with E-state index in [1.807, 2.05) is 42.8 Å². The number of carbonyl (C=O) groups excluding carboxylic acids is 3. The number of thiazole rings is 1. The number of halogens is 2. The molecule has 0 bridgehead atoms. The van der Waals surface area contributed by atoms with Crippen molar-refractivity contribution < 1.29 is 23.9 Å². The van der Waals surface area contributed by atoms with Gasteiger partial charge in [-0.05, 0) is 146 Å². The van der Waals surface area contributed by atoms with Crippen LogP contribution < -0.4 is 16.2 Å². The van der Waals surface area contributed by atoms with Crippen molar-refractivity contribution in [2.24, 2.45) is 5.41 Å². The number of nitrogens with zero attached hydrogens (tertiary/aromatic N) is 6. The number of fused-ring (bicyclic) bond motifs is 5. The monoisotopic (exact) mass is 1020 g/mol. The van der Waals surface area contributed by atoms with Crippen molar-refractivity contribution in [1.29, 1.82) is 0 Å². The molecule has 16 heteroatoms. The predicted octanol–water partition coefficient (Wildman–Crippen LogP) is 8.92. The zero-order valence-electron chi connectivity index (χ0n) is 39.8.